The number of hydrogen-bond acceptors (Lipinski definition) is 2. The van der Waals surface area contributed by atoms with Crippen LogP contribution in [0, 0.1) is 6.92 Å². The van der Waals surface area contributed by atoms with Crippen LogP contribution in [0.4, 0.5) is 5.69 Å². The molecular weight excluding hydrogens is 197 g/mol. The van der Waals surface area contributed by atoms with Crippen LogP contribution in [0.25, 0.3) is 0 Å². The molecule has 2 N–H and O–H groups in total. The van der Waals surface area contributed by atoms with Gasteiger partial charge in [0, 0.05) is 6.20 Å². The highest BCUT2D eigenvalue weighted by Gasteiger charge is 2.24. The molecule has 3 nitrogen and oxygen atoms in total. The van der Waals surface area contributed by atoms with Crippen molar-refractivity contribution in [2.24, 2.45) is 0 Å². The molecule has 0 unspecified atom stereocenters. The molecule has 0 bridgehead atoms. The van der Waals surface area contributed by atoms with Gasteiger partial charge in [0.15, 0.2) is 0 Å². The van der Waals surface area contributed by atoms with Gasteiger partial charge >= 0.3 is 0 Å². The van der Waals surface area contributed by atoms with Crippen molar-refractivity contribution in [2.75, 3.05) is 5.73 Å². The monoisotopic (exact) mass is 209 g/mol. The van der Waals surface area contributed by atoms with E-state index in [2.05, 4.69) is 5.10 Å². The minimum atomic E-state index is 0. The van der Waals surface area contributed by atoms with Crippen molar-refractivity contribution < 1.29 is 0 Å². The lowest BCUT2D eigenvalue weighted by Crippen LogP contribution is -1.93. The molecule has 0 aromatic carbocycles. The first-order chi connectivity index (χ1) is 4.77. The first kappa shape index (κ1) is 11.6. The molecule has 5 heteroatoms. The van der Waals surface area contributed by atoms with Gasteiger partial charge in [0.1, 0.15) is 0 Å². The van der Waals surface area contributed by atoms with Gasteiger partial charge in [0.05, 0.1) is 17.4 Å². The Bertz CT molecular complexity index is 236. The number of anilines is 1. The highest BCUT2D eigenvalue weighted by Crippen LogP contribution is 2.34. The third-order valence-electron chi connectivity index (χ3n) is 1.88. The summed E-state index contributed by atoms with van der Waals surface area (Å²) in [5.74, 6) is 0. The summed E-state index contributed by atoms with van der Waals surface area (Å²) in [4.78, 5) is 0. The highest BCUT2D eigenvalue weighted by molar-refractivity contribution is 5.85. The van der Waals surface area contributed by atoms with Crippen molar-refractivity contribution in [3.05, 3.63) is 11.9 Å². The molecule has 70 valence electrons. The number of aromatic nitrogens is 2. The lowest BCUT2D eigenvalue weighted by molar-refractivity contribution is 0.635. The second-order valence-electron chi connectivity index (χ2n) is 2.88. The van der Waals surface area contributed by atoms with Crippen LogP contribution in [-0.2, 0) is 0 Å². The summed E-state index contributed by atoms with van der Waals surface area (Å²) in [7, 11) is 0. The Morgan fingerprint density at radius 1 is 1.50 bits per heavy atom. The molecule has 1 aromatic rings. The van der Waals surface area contributed by atoms with E-state index in [-0.39, 0.29) is 24.8 Å². The number of nitrogens with two attached hydrogens (primary N) is 1. The van der Waals surface area contributed by atoms with Gasteiger partial charge in [-0.2, -0.15) is 5.10 Å². The summed E-state index contributed by atoms with van der Waals surface area (Å²) in [6.45, 7) is 1.94. The van der Waals surface area contributed by atoms with Crippen molar-refractivity contribution in [3.63, 3.8) is 0 Å². The lowest BCUT2D eigenvalue weighted by atomic mass is 10.4. The zero-order valence-electron chi connectivity index (χ0n) is 6.86. The summed E-state index contributed by atoms with van der Waals surface area (Å²) >= 11 is 0. The van der Waals surface area contributed by atoms with E-state index in [0.29, 0.717) is 6.04 Å². The quantitative estimate of drug-likeness (QED) is 0.769. The van der Waals surface area contributed by atoms with E-state index >= 15 is 0 Å². The minimum absolute atomic E-state index is 0. The average molecular weight is 210 g/mol. The van der Waals surface area contributed by atoms with Crippen molar-refractivity contribution in [1.29, 1.82) is 0 Å². The molecule has 2 rings (SSSR count). The smallest absolute Gasteiger partial charge is 0.0823 e. The van der Waals surface area contributed by atoms with Gasteiger partial charge in [-0.25, -0.2) is 0 Å². The van der Waals surface area contributed by atoms with Crippen molar-refractivity contribution in [2.45, 2.75) is 25.8 Å². The molecule has 12 heavy (non-hydrogen) atoms. The first-order valence-electron chi connectivity index (χ1n) is 3.58. The van der Waals surface area contributed by atoms with Gasteiger partial charge in [-0.1, -0.05) is 0 Å². The molecule has 1 aliphatic rings. The number of hydrogen-bond donors (Lipinski definition) is 1. The molecule has 1 aliphatic carbocycles. The van der Waals surface area contributed by atoms with E-state index in [1.54, 1.807) is 0 Å². The highest BCUT2D eigenvalue weighted by atomic mass is 35.5. The number of nitrogen functional groups attached to an aromatic ring is 1. The number of halogens is 2. The predicted molar refractivity (Wildman–Crippen MR) is 54.1 cm³/mol. The van der Waals surface area contributed by atoms with Crippen molar-refractivity contribution in [1.82, 2.24) is 9.78 Å². The fraction of sp³-hybridized carbons (Fsp3) is 0.571. The standard InChI is InChI=1S/C7H11N3.2ClH/c1-5-7(8)4-10(9-5)6-2-3-6;;/h4,6H,2-3,8H2,1H3;2*1H. The van der Waals surface area contributed by atoms with Crippen LogP contribution >= 0.6 is 24.8 Å². The fourth-order valence-electron chi connectivity index (χ4n) is 1.02. The topological polar surface area (TPSA) is 43.8 Å². The maximum atomic E-state index is 5.62. The van der Waals surface area contributed by atoms with Crippen LogP contribution in [0.15, 0.2) is 6.20 Å². The van der Waals surface area contributed by atoms with Gasteiger partial charge in [0.2, 0.25) is 0 Å². The molecular formula is C7H13Cl2N3. The summed E-state index contributed by atoms with van der Waals surface area (Å²) < 4.78 is 1.98. The molecule has 0 aliphatic heterocycles. The Labute approximate surface area is 84.1 Å². The SMILES string of the molecule is Cc1nn(C2CC2)cc1N.Cl.Cl. The van der Waals surface area contributed by atoms with Crippen LogP contribution in [0.1, 0.15) is 24.6 Å². The van der Waals surface area contributed by atoms with E-state index < -0.39 is 0 Å². The molecule has 1 heterocycles. The summed E-state index contributed by atoms with van der Waals surface area (Å²) in [5, 5.41) is 4.26. The third-order valence-corrected chi connectivity index (χ3v) is 1.88. The molecule has 0 amide bonds. The third kappa shape index (κ3) is 2.05. The summed E-state index contributed by atoms with van der Waals surface area (Å²) in [5.41, 5.74) is 7.39. The van der Waals surface area contributed by atoms with Crippen LogP contribution in [0.5, 0.6) is 0 Å². The average Bonchev–Trinajstić information content (AvgIpc) is 2.64. The van der Waals surface area contributed by atoms with Crippen LogP contribution < -0.4 is 5.73 Å². The molecule has 1 saturated carbocycles. The normalized spacial score (nSPS) is 14.8. The van der Waals surface area contributed by atoms with E-state index in [1.807, 2.05) is 17.8 Å². The number of aryl methyl sites for hydroxylation is 1. The predicted octanol–water partition coefficient (Wildman–Crippen LogP) is 1.95. The zero-order valence-corrected chi connectivity index (χ0v) is 8.49. The maximum Gasteiger partial charge on any atom is 0.0823 e. The fourth-order valence-corrected chi connectivity index (χ4v) is 1.02. The van der Waals surface area contributed by atoms with Gasteiger partial charge in [-0.15, -0.1) is 24.8 Å². The number of nitrogens with zero attached hydrogens (tertiary/aromatic N) is 2. The Morgan fingerprint density at radius 3 is 2.42 bits per heavy atom. The molecule has 0 radical (unpaired) electrons. The summed E-state index contributed by atoms with van der Waals surface area (Å²) in [6.07, 6.45) is 4.45. The van der Waals surface area contributed by atoms with Gasteiger partial charge < -0.3 is 5.73 Å². The van der Waals surface area contributed by atoms with Crippen LogP contribution in [0.2, 0.25) is 0 Å². The second kappa shape index (κ2) is 4.01. The Kier molecular flexibility index (Phi) is 3.87. The van der Waals surface area contributed by atoms with Crippen LogP contribution in [-0.4, -0.2) is 9.78 Å². The van der Waals surface area contributed by atoms with Gasteiger partial charge in [0.25, 0.3) is 0 Å². The van der Waals surface area contributed by atoms with Gasteiger partial charge in [-0.3, -0.25) is 4.68 Å². The second-order valence-corrected chi connectivity index (χ2v) is 2.88. The van der Waals surface area contributed by atoms with Crippen LogP contribution in [0.3, 0.4) is 0 Å². The van der Waals surface area contributed by atoms with Gasteiger partial charge in [-0.05, 0) is 19.8 Å². The lowest BCUT2D eigenvalue weighted by Gasteiger charge is -1.91. The Morgan fingerprint density at radius 2 is 2.08 bits per heavy atom. The van der Waals surface area contributed by atoms with E-state index in [9.17, 15) is 0 Å². The largest absolute Gasteiger partial charge is 0.396 e. The minimum Gasteiger partial charge on any atom is -0.396 e. The van der Waals surface area contributed by atoms with E-state index in [1.165, 1.54) is 12.8 Å². The maximum absolute atomic E-state index is 5.62. The molecule has 1 aromatic heterocycles. The Balaban J connectivity index is 0.000000605. The number of rotatable bonds is 1. The molecule has 0 spiro atoms. The molecule has 1 fully saturated rings. The molecule has 0 saturated heterocycles. The zero-order chi connectivity index (χ0) is 7.14. The van der Waals surface area contributed by atoms with Crippen molar-refractivity contribution in [3.8, 4) is 0 Å². The first-order valence-corrected chi connectivity index (χ1v) is 3.58. The summed E-state index contributed by atoms with van der Waals surface area (Å²) in [6, 6.07) is 0.649. The van der Waals surface area contributed by atoms with Crippen molar-refractivity contribution >= 4 is 30.5 Å². The van der Waals surface area contributed by atoms with E-state index in [0.717, 1.165) is 11.4 Å². The van der Waals surface area contributed by atoms with E-state index in [4.69, 9.17) is 5.73 Å². The Hall–Kier alpha value is -0.410. The molecule has 0 atom stereocenters.